The Labute approximate surface area is 101 Å². The second-order valence-corrected chi connectivity index (χ2v) is 4.15. The molecule has 1 aromatic rings. The maximum Gasteiger partial charge on any atom is 0.223 e. The minimum absolute atomic E-state index is 0.272. The van der Waals surface area contributed by atoms with Crippen LogP contribution in [-0.4, -0.2) is 60.2 Å². The molecule has 2 heterocycles. The molecule has 17 heavy (non-hydrogen) atoms. The first-order chi connectivity index (χ1) is 8.17. The lowest BCUT2D eigenvalue weighted by Crippen LogP contribution is -2.47. The van der Waals surface area contributed by atoms with Crippen LogP contribution in [0.2, 0.25) is 0 Å². The molecule has 1 saturated heterocycles. The number of piperazine rings is 1. The standard InChI is InChI=1S/C10H19N7/c1-12-8-7-9(14-10(11)13-8)15-17-5-3-16(2)4-6-17/h7H,3-6H2,1-2H3,(H4,11,12,13,14,15). The van der Waals surface area contributed by atoms with Gasteiger partial charge in [0.1, 0.15) is 11.6 Å². The molecule has 7 nitrogen and oxygen atoms in total. The van der Waals surface area contributed by atoms with Crippen LogP contribution in [0.3, 0.4) is 0 Å². The summed E-state index contributed by atoms with van der Waals surface area (Å²) in [6.45, 7) is 4.03. The zero-order valence-corrected chi connectivity index (χ0v) is 10.3. The third kappa shape index (κ3) is 3.18. The SMILES string of the molecule is CNc1cc(NN2CCN(C)CC2)nc(N)n1. The molecule has 0 bridgehead atoms. The molecule has 0 radical (unpaired) electrons. The van der Waals surface area contributed by atoms with Crippen molar-refractivity contribution in [1.82, 2.24) is 19.9 Å². The van der Waals surface area contributed by atoms with Crippen molar-refractivity contribution in [2.45, 2.75) is 0 Å². The van der Waals surface area contributed by atoms with Crippen LogP contribution < -0.4 is 16.5 Å². The van der Waals surface area contributed by atoms with Crippen molar-refractivity contribution in [3.63, 3.8) is 0 Å². The highest BCUT2D eigenvalue weighted by atomic mass is 15.5. The Hall–Kier alpha value is -1.60. The Morgan fingerprint density at radius 3 is 2.47 bits per heavy atom. The fourth-order valence-corrected chi connectivity index (χ4v) is 1.73. The monoisotopic (exact) mass is 237 g/mol. The molecule has 7 heteroatoms. The van der Waals surface area contributed by atoms with Gasteiger partial charge in [-0.1, -0.05) is 0 Å². The fraction of sp³-hybridized carbons (Fsp3) is 0.600. The number of hydrogen-bond acceptors (Lipinski definition) is 7. The molecule has 0 spiro atoms. The normalized spacial score (nSPS) is 18.0. The lowest BCUT2D eigenvalue weighted by Gasteiger charge is -2.32. The summed E-state index contributed by atoms with van der Waals surface area (Å²) < 4.78 is 0. The smallest absolute Gasteiger partial charge is 0.223 e. The van der Waals surface area contributed by atoms with E-state index in [0.717, 1.165) is 32.0 Å². The number of nitrogens with zero attached hydrogens (tertiary/aromatic N) is 4. The van der Waals surface area contributed by atoms with Crippen molar-refractivity contribution < 1.29 is 0 Å². The number of aromatic nitrogens is 2. The second-order valence-electron chi connectivity index (χ2n) is 4.15. The number of rotatable bonds is 3. The van der Waals surface area contributed by atoms with E-state index in [0.29, 0.717) is 5.82 Å². The van der Waals surface area contributed by atoms with E-state index in [2.05, 4.69) is 37.7 Å². The van der Waals surface area contributed by atoms with Crippen molar-refractivity contribution in [2.24, 2.45) is 0 Å². The van der Waals surface area contributed by atoms with Gasteiger partial charge >= 0.3 is 0 Å². The molecule has 1 fully saturated rings. The van der Waals surface area contributed by atoms with E-state index in [1.165, 1.54) is 0 Å². The first-order valence-electron chi connectivity index (χ1n) is 5.70. The number of nitrogen functional groups attached to an aromatic ring is 1. The number of nitrogens with one attached hydrogen (secondary N) is 2. The Morgan fingerprint density at radius 1 is 1.18 bits per heavy atom. The van der Waals surface area contributed by atoms with Gasteiger partial charge in [-0.15, -0.1) is 0 Å². The van der Waals surface area contributed by atoms with Crippen molar-refractivity contribution >= 4 is 17.6 Å². The molecule has 1 aliphatic heterocycles. The molecule has 0 saturated carbocycles. The van der Waals surface area contributed by atoms with Crippen molar-refractivity contribution in [3.05, 3.63) is 6.07 Å². The minimum Gasteiger partial charge on any atom is -0.373 e. The Balaban J connectivity index is 2.00. The molecule has 4 N–H and O–H groups in total. The first-order valence-corrected chi connectivity index (χ1v) is 5.70. The fourth-order valence-electron chi connectivity index (χ4n) is 1.73. The van der Waals surface area contributed by atoms with E-state index in [1.54, 1.807) is 7.05 Å². The van der Waals surface area contributed by atoms with Crippen LogP contribution in [0.5, 0.6) is 0 Å². The summed E-state index contributed by atoms with van der Waals surface area (Å²) in [6, 6.07) is 1.84. The molecule has 94 valence electrons. The van der Waals surface area contributed by atoms with Crippen LogP contribution in [0.1, 0.15) is 0 Å². The third-order valence-corrected chi connectivity index (χ3v) is 2.78. The Kier molecular flexibility index (Phi) is 3.60. The van der Waals surface area contributed by atoms with Crippen LogP contribution >= 0.6 is 0 Å². The summed E-state index contributed by atoms with van der Waals surface area (Å²) in [5, 5.41) is 5.09. The van der Waals surface area contributed by atoms with E-state index in [4.69, 9.17) is 5.73 Å². The van der Waals surface area contributed by atoms with Gasteiger partial charge in [0.25, 0.3) is 0 Å². The van der Waals surface area contributed by atoms with E-state index >= 15 is 0 Å². The molecule has 1 aromatic heterocycles. The summed E-state index contributed by atoms with van der Waals surface area (Å²) in [4.78, 5) is 10.5. The molecular weight excluding hydrogens is 218 g/mol. The van der Waals surface area contributed by atoms with Crippen LogP contribution in [0, 0.1) is 0 Å². The topological polar surface area (TPSA) is 82.3 Å². The van der Waals surface area contributed by atoms with E-state index in [1.807, 2.05) is 6.07 Å². The predicted molar refractivity (Wildman–Crippen MR) is 68.7 cm³/mol. The van der Waals surface area contributed by atoms with E-state index in [-0.39, 0.29) is 5.95 Å². The summed E-state index contributed by atoms with van der Waals surface area (Å²) in [6.07, 6.45) is 0. The average Bonchev–Trinajstić information content (AvgIpc) is 2.31. The van der Waals surface area contributed by atoms with Crippen molar-refractivity contribution in [3.8, 4) is 0 Å². The van der Waals surface area contributed by atoms with Gasteiger partial charge in [-0.25, -0.2) is 5.01 Å². The summed E-state index contributed by atoms with van der Waals surface area (Å²) in [5.74, 6) is 1.72. The number of hydrogen-bond donors (Lipinski definition) is 3. The zero-order chi connectivity index (χ0) is 12.3. The summed E-state index contributed by atoms with van der Waals surface area (Å²) in [5.41, 5.74) is 8.89. The third-order valence-electron chi connectivity index (χ3n) is 2.78. The minimum atomic E-state index is 0.272. The lowest BCUT2D eigenvalue weighted by molar-refractivity contribution is 0.178. The van der Waals surface area contributed by atoms with Gasteiger partial charge in [-0.05, 0) is 7.05 Å². The van der Waals surface area contributed by atoms with Crippen LogP contribution in [0.4, 0.5) is 17.6 Å². The highest BCUT2D eigenvalue weighted by Gasteiger charge is 2.14. The summed E-state index contributed by atoms with van der Waals surface area (Å²) >= 11 is 0. The first kappa shape index (κ1) is 11.9. The molecule has 0 amide bonds. The maximum atomic E-state index is 5.63. The van der Waals surface area contributed by atoms with Gasteiger partial charge in [-0.3, -0.25) is 0 Å². The average molecular weight is 237 g/mol. The van der Waals surface area contributed by atoms with E-state index < -0.39 is 0 Å². The van der Waals surface area contributed by atoms with Gasteiger partial charge in [0.2, 0.25) is 5.95 Å². The lowest BCUT2D eigenvalue weighted by atomic mass is 10.4. The zero-order valence-electron chi connectivity index (χ0n) is 10.3. The van der Waals surface area contributed by atoms with Gasteiger partial charge < -0.3 is 21.4 Å². The highest BCUT2D eigenvalue weighted by Crippen LogP contribution is 2.13. The largest absolute Gasteiger partial charge is 0.373 e. The predicted octanol–water partition coefficient (Wildman–Crippen LogP) is -0.325. The summed E-state index contributed by atoms with van der Waals surface area (Å²) in [7, 11) is 3.93. The van der Waals surface area contributed by atoms with Gasteiger partial charge in [0, 0.05) is 39.3 Å². The molecule has 0 aromatic carbocycles. The molecule has 0 atom stereocenters. The van der Waals surface area contributed by atoms with Crippen LogP contribution in [0.15, 0.2) is 6.07 Å². The molecule has 0 aliphatic carbocycles. The van der Waals surface area contributed by atoms with Gasteiger partial charge in [0.05, 0.1) is 0 Å². The maximum absolute atomic E-state index is 5.63. The van der Waals surface area contributed by atoms with E-state index in [9.17, 15) is 0 Å². The van der Waals surface area contributed by atoms with Crippen molar-refractivity contribution in [2.75, 3.05) is 56.8 Å². The molecular formula is C10H19N7. The van der Waals surface area contributed by atoms with Crippen molar-refractivity contribution in [1.29, 1.82) is 0 Å². The Bertz CT molecular complexity index is 373. The number of nitrogens with two attached hydrogens (primary N) is 1. The number of likely N-dealkylation sites (N-methyl/N-ethyl adjacent to an activating group) is 1. The molecule has 2 rings (SSSR count). The van der Waals surface area contributed by atoms with Crippen LogP contribution in [0.25, 0.3) is 0 Å². The second kappa shape index (κ2) is 5.15. The molecule has 0 unspecified atom stereocenters. The van der Waals surface area contributed by atoms with Gasteiger partial charge in [0.15, 0.2) is 0 Å². The number of hydrazine groups is 1. The van der Waals surface area contributed by atoms with Gasteiger partial charge in [-0.2, -0.15) is 9.97 Å². The quantitative estimate of drug-likeness (QED) is 0.664. The Morgan fingerprint density at radius 2 is 1.82 bits per heavy atom. The highest BCUT2D eigenvalue weighted by molar-refractivity contribution is 5.50. The number of anilines is 3. The van der Waals surface area contributed by atoms with Crippen LogP contribution in [-0.2, 0) is 0 Å². The molecule has 1 aliphatic rings.